The van der Waals surface area contributed by atoms with Crippen molar-refractivity contribution >= 4 is 18.3 Å². The molecular formula is C18H27ClN2O. The van der Waals surface area contributed by atoms with Crippen LogP contribution >= 0.6 is 12.4 Å². The van der Waals surface area contributed by atoms with Crippen LogP contribution in [0.1, 0.15) is 59.5 Å². The van der Waals surface area contributed by atoms with E-state index in [1.807, 2.05) is 11.0 Å². The van der Waals surface area contributed by atoms with Gasteiger partial charge in [0.2, 0.25) is 0 Å². The van der Waals surface area contributed by atoms with Gasteiger partial charge < -0.3 is 10.2 Å². The van der Waals surface area contributed by atoms with Crippen molar-refractivity contribution in [1.29, 1.82) is 0 Å². The summed E-state index contributed by atoms with van der Waals surface area (Å²) in [5.74, 6) is 0.838. The predicted molar refractivity (Wildman–Crippen MR) is 93.0 cm³/mol. The molecule has 1 amide bonds. The maximum Gasteiger partial charge on any atom is 0.253 e. The summed E-state index contributed by atoms with van der Waals surface area (Å²) in [6.07, 6.45) is 5.93. The maximum atomic E-state index is 12.7. The Hall–Kier alpha value is -1.06. The summed E-state index contributed by atoms with van der Waals surface area (Å²) in [5, 5.41) is 3.42. The van der Waals surface area contributed by atoms with E-state index in [1.165, 1.54) is 30.4 Å². The molecule has 1 aromatic carbocycles. The molecule has 22 heavy (non-hydrogen) atoms. The molecule has 0 bridgehead atoms. The minimum atomic E-state index is 0. The molecule has 2 aliphatic heterocycles. The first-order valence-corrected chi connectivity index (χ1v) is 8.36. The zero-order valence-electron chi connectivity index (χ0n) is 13.4. The number of carbonyl (C=O) groups is 1. The van der Waals surface area contributed by atoms with Crippen LogP contribution in [0.15, 0.2) is 18.2 Å². The summed E-state index contributed by atoms with van der Waals surface area (Å²) >= 11 is 0. The Morgan fingerprint density at radius 3 is 2.50 bits per heavy atom. The monoisotopic (exact) mass is 322 g/mol. The Morgan fingerprint density at radius 2 is 1.82 bits per heavy atom. The molecule has 0 unspecified atom stereocenters. The molecule has 2 fully saturated rings. The van der Waals surface area contributed by atoms with Gasteiger partial charge in [-0.25, -0.2) is 0 Å². The van der Waals surface area contributed by atoms with Crippen molar-refractivity contribution in [3.63, 3.8) is 0 Å². The molecule has 4 heteroatoms. The zero-order valence-corrected chi connectivity index (χ0v) is 14.3. The van der Waals surface area contributed by atoms with Gasteiger partial charge in [0.1, 0.15) is 0 Å². The minimum Gasteiger partial charge on any atom is -0.339 e. The lowest BCUT2D eigenvalue weighted by Gasteiger charge is -2.28. The molecule has 0 saturated carbocycles. The van der Waals surface area contributed by atoms with Crippen LogP contribution in [0.3, 0.4) is 0 Å². The van der Waals surface area contributed by atoms with Crippen molar-refractivity contribution in [3.05, 3.63) is 34.9 Å². The van der Waals surface area contributed by atoms with E-state index in [2.05, 4.69) is 24.4 Å². The Labute approximate surface area is 139 Å². The highest BCUT2D eigenvalue weighted by Gasteiger charge is 2.21. The Balaban J connectivity index is 0.00000176. The van der Waals surface area contributed by atoms with Gasteiger partial charge in [-0.3, -0.25) is 4.79 Å². The topological polar surface area (TPSA) is 32.3 Å². The number of aryl methyl sites for hydroxylation is 1. The molecule has 3 rings (SSSR count). The van der Waals surface area contributed by atoms with Crippen LogP contribution in [0.2, 0.25) is 0 Å². The Kier molecular flexibility index (Phi) is 6.27. The van der Waals surface area contributed by atoms with Crippen molar-refractivity contribution in [2.45, 2.75) is 44.9 Å². The molecule has 0 aromatic heterocycles. The highest BCUT2D eigenvalue weighted by molar-refractivity contribution is 5.94. The summed E-state index contributed by atoms with van der Waals surface area (Å²) in [6, 6.07) is 6.31. The first-order valence-electron chi connectivity index (χ1n) is 8.36. The minimum absolute atomic E-state index is 0. The predicted octanol–water partition coefficient (Wildman–Crippen LogP) is 3.51. The van der Waals surface area contributed by atoms with E-state index in [4.69, 9.17) is 0 Å². The molecule has 0 spiro atoms. The number of benzene rings is 1. The molecular weight excluding hydrogens is 296 g/mol. The standard InChI is InChI=1S/C18H26N2O.ClH/c1-14-5-6-16(18(21)20-11-3-2-4-12-20)13-17(14)15-7-9-19-10-8-15;/h5-6,13,15,19H,2-4,7-12H2,1H3;1H. The smallest absolute Gasteiger partial charge is 0.253 e. The second-order valence-electron chi connectivity index (χ2n) is 6.45. The third kappa shape index (κ3) is 3.82. The van der Waals surface area contributed by atoms with Gasteiger partial charge in [-0.2, -0.15) is 0 Å². The van der Waals surface area contributed by atoms with Crippen LogP contribution in [0.5, 0.6) is 0 Å². The number of piperidine rings is 2. The molecule has 2 heterocycles. The van der Waals surface area contributed by atoms with E-state index in [0.717, 1.165) is 44.6 Å². The average molecular weight is 323 g/mol. The third-order valence-electron chi connectivity index (χ3n) is 4.95. The molecule has 122 valence electrons. The average Bonchev–Trinajstić information content (AvgIpc) is 2.56. The number of hydrogen-bond donors (Lipinski definition) is 1. The first-order chi connectivity index (χ1) is 10.3. The van der Waals surface area contributed by atoms with Crippen molar-refractivity contribution in [1.82, 2.24) is 10.2 Å². The molecule has 0 aliphatic carbocycles. The lowest BCUT2D eigenvalue weighted by atomic mass is 9.86. The summed E-state index contributed by atoms with van der Waals surface area (Å²) in [4.78, 5) is 14.7. The van der Waals surface area contributed by atoms with Crippen molar-refractivity contribution in [2.24, 2.45) is 0 Å². The third-order valence-corrected chi connectivity index (χ3v) is 4.95. The lowest BCUT2D eigenvalue weighted by Crippen LogP contribution is -2.35. The second kappa shape index (κ2) is 7.98. The van der Waals surface area contributed by atoms with Gasteiger partial charge in [-0.1, -0.05) is 6.07 Å². The van der Waals surface area contributed by atoms with Crippen molar-refractivity contribution in [2.75, 3.05) is 26.2 Å². The van der Waals surface area contributed by atoms with Crippen LogP contribution < -0.4 is 5.32 Å². The van der Waals surface area contributed by atoms with E-state index in [-0.39, 0.29) is 18.3 Å². The van der Waals surface area contributed by atoms with Gasteiger partial charge in [-0.15, -0.1) is 12.4 Å². The second-order valence-corrected chi connectivity index (χ2v) is 6.45. The highest BCUT2D eigenvalue weighted by atomic mass is 35.5. The van der Waals surface area contributed by atoms with Gasteiger partial charge in [0.25, 0.3) is 5.91 Å². The Bertz CT molecular complexity index is 506. The summed E-state index contributed by atoms with van der Waals surface area (Å²) in [7, 11) is 0. The van der Waals surface area contributed by atoms with Crippen molar-refractivity contribution in [3.8, 4) is 0 Å². The number of amides is 1. The van der Waals surface area contributed by atoms with Gasteiger partial charge in [0.15, 0.2) is 0 Å². The molecule has 3 nitrogen and oxygen atoms in total. The van der Waals surface area contributed by atoms with Crippen LogP contribution in [-0.4, -0.2) is 37.0 Å². The molecule has 0 radical (unpaired) electrons. The number of likely N-dealkylation sites (tertiary alicyclic amines) is 1. The molecule has 1 N–H and O–H groups in total. The molecule has 0 atom stereocenters. The number of halogens is 1. The van der Waals surface area contributed by atoms with Gasteiger partial charge in [0, 0.05) is 18.7 Å². The molecule has 2 aliphatic rings. The summed E-state index contributed by atoms with van der Waals surface area (Å²) < 4.78 is 0. The van der Waals surface area contributed by atoms with Crippen LogP contribution in [0.25, 0.3) is 0 Å². The maximum absolute atomic E-state index is 12.7. The lowest BCUT2D eigenvalue weighted by molar-refractivity contribution is 0.0724. The quantitative estimate of drug-likeness (QED) is 0.903. The normalized spacial score (nSPS) is 19.6. The first kappa shape index (κ1) is 17.3. The van der Waals surface area contributed by atoms with Crippen LogP contribution in [-0.2, 0) is 0 Å². The summed E-state index contributed by atoms with van der Waals surface area (Å²) in [6.45, 7) is 6.21. The van der Waals surface area contributed by atoms with Crippen molar-refractivity contribution < 1.29 is 4.79 Å². The summed E-state index contributed by atoms with van der Waals surface area (Å²) in [5.41, 5.74) is 3.60. The molecule has 2 saturated heterocycles. The highest BCUT2D eigenvalue weighted by Crippen LogP contribution is 2.29. The van der Waals surface area contributed by atoms with E-state index in [9.17, 15) is 4.79 Å². The largest absolute Gasteiger partial charge is 0.339 e. The van der Waals surface area contributed by atoms with E-state index in [0.29, 0.717) is 5.92 Å². The fourth-order valence-corrected chi connectivity index (χ4v) is 3.63. The van der Waals surface area contributed by atoms with Gasteiger partial charge in [-0.05, 0) is 81.3 Å². The fourth-order valence-electron chi connectivity index (χ4n) is 3.63. The Morgan fingerprint density at radius 1 is 1.14 bits per heavy atom. The molecule has 1 aromatic rings. The number of nitrogens with one attached hydrogen (secondary N) is 1. The zero-order chi connectivity index (χ0) is 14.7. The SMILES string of the molecule is Cc1ccc(C(=O)N2CCCCC2)cc1C1CCNCC1.Cl. The van der Waals surface area contributed by atoms with Gasteiger partial charge >= 0.3 is 0 Å². The van der Waals surface area contributed by atoms with Crippen LogP contribution in [0.4, 0.5) is 0 Å². The van der Waals surface area contributed by atoms with E-state index in [1.54, 1.807) is 0 Å². The number of nitrogens with zero attached hydrogens (tertiary/aromatic N) is 1. The van der Waals surface area contributed by atoms with E-state index >= 15 is 0 Å². The number of carbonyl (C=O) groups excluding carboxylic acids is 1. The number of hydrogen-bond acceptors (Lipinski definition) is 2. The van der Waals surface area contributed by atoms with E-state index < -0.39 is 0 Å². The fraction of sp³-hybridized carbons (Fsp3) is 0.611. The number of rotatable bonds is 2. The van der Waals surface area contributed by atoms with Gasteiger partial charge in [0.05, 0.1) is 0 Å². The van der Waals surface area contributed by atoms with Crippen LogP contribution in [0, 0.1) is 6.92 Å².